The highest BCUT2D eigenvalue weighted by atomic mass is 15.3. The molecule has 4 heterocycles. The predicted molar refractivity (Wildman–Crippen MR) is 104 cm³/mol. The maximum absolute atomic E-state index is 9.24. The molecule has 0 radical (unpaired) electrons. The van der Waals surface area contributed by atoms with E-state index >= 15 is 0 Å². The molecule has 0 atom stereocenters. The Morgan fingerprint density at radius 2 is 1.93 bits per heavy atom. The van der Waals surface area contributed by atoms with Crippen LogP contribution in [0.15, 0.2) is 30.7 Å². The van der Waals surface area contributed by atoms with Gasteiger partial charge in [-0.3, -0.25) is 4.98 Å². The van der Waals surface area contributed by atoms with Crippen molar-refractivity contribution in [1.29, 1.82) is 5.26 Å². The number of piperidine rings is 1. The fourth-order valence-electron chi connectivity index (χ4n) is 4.04. The SMILES string of the molecule is CC1CCN(c2ncnn3c(-c4cc(C#N)ccn4)cc(C4CC4)c23)CC1. The van der Waals surface area contributed by atoms with E-state index in [4.69, 9.17) is 0 Å². The Morgan fingerprint density at radius 1 is 1.11 bits per heavy atom. The molecule has 136 valence electrons. The van der Waals surface area contributed by atoms with Gasteiger partial charge in [0.25, 0.3) is 0 Å². The van der Waals surface area contributed by atoms with E-state index in [0.717, 1.165) is 41.7 Å². The molecule has 1 saturated carbocycles. The van der Waals surface area contributed by atoms with Crippen molar-refractivity contribution in [3.05, 3.63) is 41.9 Å². The topological polar surface area (TPSA) is 70.1 Å². The fraction of sp³-hybridized carbons (Fsp3) is 0.429. The highest BCUT2D eigenvalue weighted by Crippen LogP contribution is 2.46. The Kier molecular flexibility index (Phi) is 3.82. The van der Waals surface area contributed by atoms with Crippen LogP contribution in [0.1, 0.15) is 49.7 Å². The third-order valence-corrected chi connectivity index (χ3v) is 5.82. The fourth-order valence-corrected chi connectivity index (χ4v) is 4.04. The summed E-state index contributed by atoms with van der Waals surface area (Å²) >= 11 is 0. The van der Waals surface area contributed by atoms with Gasteiger partial charge in [0.1, 0.15) is 11.8 Å². The molecule has 6 nitrogen and oxygen atoms in total. The molecule has 0 N–H and O–H groups in total. The average Bonchev–Trinajstić information content (AvgIpc) is 3.48. The van der Waals surface area contributed by atoms with E-state index in [9.17, 15) is 5.26 Å². The number of fused-ring (bicyclic) bond motifs is 1. The number of nitriles is 1. The molecule has 0 aromatic carbocycles. The van der Waals surface area contributed by atoms with E-state index in [-0.39, 0.29) is 0 Å². The van der Waals surface area contributed by atoms with Crippen LogP contribution in [0.2, 0.25) is 0 Å². The molecule has 1 aliphatic carbocycles. The molecular formula is C21H22N6. The van der Waals surface area contributed by atoms with Crippen LogP contribution in [-0.2, 0) is 0 Å². The number of anilines is 1. The molecule has 1 aliphatic heterocycles. The minimum atomic E-state index is 0.585. The molecule has 0 bridgehead atoms. The lowest BCUT2D eigenvalue weighted by molar-refractivity contribution is 0.436. The van der Waals surface area contributed by atoms with E-state index in [2.05, 4.69) is 39.0 Å². The molecule has 2 fully saturated rings. The second-order valence-electron chi connectivity index (χ2n) is 7.81. The van der Waals surface area contributed by atoms with Crippen molar-refractivity contribution in [2.24, 2.45) is 5.92 Å². The lowest BCUT2D eigenvalue weighted by Gasteiger charge is -2.31. The van der Waals surface area contributed by atoms with Crippen molar-refractivity contribution in [2.45, 2.75) is 38.5 Å². The van der Waals surface area contributed by atoms with Gasteiger partial charge in [-0.25, -0.2) is 9.50 Å². The predicted octanol–water partition coefficient (Wildman–Crippen LogP) is 3.78. The quantitative estimate of drug-likeness (QED) is 0.713. The van der Waals surface area contributed by atoms with Crippen LogP contribution in [0, 0.1) is 17.2 Å². The lowest BCUT2D eigenvalue weighted by atomic mass is 9.99. The first-order valence-corrected chi connectivity index (χ1v) is 9.72. The highest BCUT2D eigenvalue weighted by molar-refractivity contribution is 5.80. The second-order valence-corrected chi connectivity index (χ2v) is 7.81. The van der Waals surface area contributed by atoms with Crippen LogP contribution in [0.4, 0.5) is 5.82 Å². The summed E-state index contributed by atoms with van der Waals surface area (Å²) in [4.78, 5) is 11.6. The van der Waals surface area contributed by atoms with Gasteiger partial charge >= 0.3 is 0 Å². The van der Waals surface area contributed by atoms with E-state index < -0.39 is 0 Å². The average molecular weight is 358 g/mol. The third kappa shape index (κ3) is 2.84. The molecule has 0 spiro atoms. The number of rotatable bonds is 3. The normalized spacial score (nSPS) is 18.0. The van der Waals surface area contributed by atoms with Gasteiger partial charge in [0.05, 0.1) is 23.0 Å². The first-order valence-electron chi connectivity index (χ1n) is 9.72. The van der Waals surface area contributed by atoms with E-state index in [1.54, 1.807) is 18.6 Å². The number of hydrogen-bond acceptors (Lipinski definition) is 5. The Labute approximate surface area is 158 Å². The van der Waals surface area contributed by atoms with Crippen LogP contribution < -0.4 is 4.90 Å². The largest absolute Gasteiger partial charge is 0.355 e. The van der Waals surface area contributed by atoms with Crippen LogP contribution in [0.5, 0.6) is 0 Å². The van der Waals surface area contributed by atoms with Gasteiger partial charge in [-0.15, -0.1) is 0 Å². The van der Waals surface area contributed by atoms with Gasteiger partial charge in [0.2, 0.25) is 0 Å². The molecule has 5 rings (SSSR count). The van der Waals surface area contributed by atoms with E-state index in [1.165, 1.54) is 31.2 Å². The second kappa shape index (κ2) is 6.34. The Morgan fingerprint density at radius 3 is 2.67 bits per heavy atom. The van der Waals surface area contributed by atoms with Crippen LogP contribution >= 0.6 is 0 Å². The maximum atomic E-state index is 9.24. The first kappa shape index (κ1) is 16.2. The number of nitrogens with zero attached hydrogens (tertiary/aromatic N) is 6. The lowest BCUT2D eigenvalue weighted by Crippen LogP contribution is -2.33. The maximum Gasteiger partial charge on any atom is 0.156 e. The van der Waals surface area contributed by atoms with Crippen LogP contribution in [0.3, 0.4) is 0 Å². The zero-order valence-electron chi connectivity index (χ0n) is 15.5. The van der Waals surface area contributed by atoms with Gasteiger partial charge < -0.3 is 4.90 Å². The van der Waals surface area contributed by atoms with Crippen molar-refractivity contribution in [1.82, 2.24) is 19.6 Å². The number of aromatic nitrogens is 4. The van der Waals surface area contributed by atoms with Crippen molar-refractivity contribution < 1.29 is 0 Å². The first-order chi connectivity index (χ1) is 13.2. The van der Waals surface area contributed by atoms with Gasteiger partial charge in [-0.1, -0.05) is 6.92 Å². The smallest absolute Gasteiger partial charge is 0.156 e. The molecule has 0 amide bonds. The standard InChI is InChI=1S/C21H22N6/c1-14-5-8-26(9-6-14)21-20-17(16-2-3-16)11-19(27(20)25-13-24-21)18-10-15(12-22)4-7-23-18/h4,7,10-11,13-14,16H,2-3,5-6,8-9H2,1H3. The van der Waals surface area contributed by atoms with Crippen LogP contribution in [0.25, 0.3) is 16.9 Å². The molecule has 3 aromatic heterocycles. The molecule has 27 heavy (non-hydrogen) atoms. The zero-order chi connectivity index (χ0) is 18.4. The third-order valence-electron chi connectivity index (χ3n) is 5.82. The molecular weight excluding hydrogens is 336 g/mol. The molecule has 0 unspecified atom stereocenters. The van der Waals surface area contributed by atoms with Crippen molar-refractivity contribution in [2.75, 3.05) is 18.0 Å². The summed E-state index contributed by atoms with van der Waals surface area (Å²) in [6.07, 6.45) is 8.18. The Bertz CT molecular complexity index is 1030. The molecule has 3 aromatic rings. The molecule has 1 saturated heterocycles. The van der Waals surface area contributed by atoms with Gasteiger partial charge in [0.15, 0.2) is 5.82 Å². The van der Waals surface area contributed by atoms with Crippen LogP contribution in [-0.4, -0.2) is 32.7 Å². The van der Waals surface area contributed by atoms with E-state index in [1.807, 2.05) is 10.6 Å². The van der Waals surface area contributed by atoms with Crippen molar-refractivity contribution in [3.63, 3.8) is 0 Å². The summed E-state index contributed by atoms with van der Waals surface area (Å²) in [5.74, 6) is 2.41. The summed E-state index contributed by atoms with van der Waals surface area (Å²) < 4.78 is 1.98. The zero-order valence-corrected chi connectivity index (χ0v) is 15.5. The summed E-state index contributed by atoms with van der Waals surface area (Å²) in [6.45, 7) is 4.41. The minimum absolute atomic E-state index is 0.585. The summed E-state index contributed by atoms with van der Waals surface area (Å²) in [6, 6.07) is 7.98. The van der Waals surface area contributed by atoms with Crippen molar-refractivity contribution >= 4 is 11.3 Å². The molecule has 6 heteroatoms. The van der Waals surface area contributed by atoms with E-state index in [0.29, 0.717) is 11.5 Å². The highest BCUT2D eigenvalue weighted by Gasteiger charge is 2.31. The summed E-state index contributed by atoms with van der Waals surface area (Å²) in [5.41, 5.74) is 4.78. The number of hydrogen-bond donors (Lipinski definition) is 0. The van der Waals surface area contributed by atoms with Gasteiger partial charge in [-0.2, -0.15) is 10.4 Å². The molecule has 2 aliphatic rings. The Hall–Kier alpha value is -2.94. The van der Waals surface area contributed by atoms with Gasteiger partial charge in [-0.05, 0) is 61.3 Å². The minimum Gasteiger partial charge on any atom is -0.355 e. The Balaban J connectivity index is 1.68. The monoisotopic (exact) mass is 358 g/mol. The van der Waals surface area contributed by atoms with Gasteiger partial charge in [0, 0.05) is 19.3 Å². The van der Waals surface area contributed by atoms with Crippen molar-refractivity contribution in [3.8, 4) is 17.5 Å². The summed E-state index contributed by atoms with van der Waals surface area (Å²) in [5, 5.41) is 13.8. The summed E-state index contributed by atoms with van der Waals surface area (Å²) in [7, 11) is 0. The number of pyridine rings is 1.